The van der Waals surface area contributed by atoms with Crippen molar-refractivity contribution in [3.05, 3.63) is 78.1 Å². The summed E-state index contributed by atoms with van der Waals surface area (Å²) < 4.78 is 0. The van der Waals surface area contributed by atoms with E-state index < -0.39 is 0 Å². The van der Waals surface area contributed by atoms with E-state index in [1.54, 1.807) is 18.3 Å². The first-order valence-electron chi connectivity index (χ1n) is 6.98. The number of hydrazone groups is 1. The Hall–Kier alpha value is -3.01. The summed E-state index contributed by atoms with van der Waals surface area (Å²) in [6, 6.07) is 17.6. The van der Waals surface area contributed by atoms with Gasteiger partial charge in [-0.1, -0.05) is 42.5 Å². The molecule has 1 amide bonds. The van der Waals surface area contributed by atoms with E-state index in [1.165, 1.54) is 6.20 Å². The Morgan fingerprint density at radius 1 is 1.05 bits per heavy atom. The summed E-state index contributed by atoms with van der Waals surface area (Å²) in [6.45, 7) is 1.88. The van der Waals surface area contributed by atoms with Crippen molar-refractivity contribution in [2.45, 2.75) is 6.92 Å². The first kappa shape index (κ1) is 13.9. The van der Waals surface area contributed by atoms with Crippen molar-refractivity contribution in [1.29, 1.82) is 0 Å². The van der Waals surface area contributed by atoms with Gasteiger partial charge < -0.3 is 0 Å². The Morgan fingerprint density at radius 3 is 2.68 bits per heavy atom. The third-order valence-electron chi connectivity index (χ3n) is 3.43. The van der Waals surface area contributed by atoms with Crippen molar-refractivity contribution in [3.63, 3.8) is 0 Å². The molecular formula is C18H15N3O. The van der Waals surface area contributed by atoms with Gasteiger partial charge in [0.15, 0.2) is 0 Å². The standard InChI is InChI=1S/C18H15N3O/c1-13(20-21-18(22)15-8-5-11-19-12-15)16-10-4-7-14-6-2-3-9-17(14)16/h2-12H,1H3,(H,21,22). The zero-order chi connectivity index (χ0) is 15.4. The number of nitrogens with one attached hydrogen (secondary N) is 1. The van der Waals surface area contributed by atoms with Crippen LogP contribution in [0, 0.1) is 0 Å². The van der Waals surface area contributed by atoms with Crippen molar-refractivity contribution >= 4 is 22.4 Å². The molecule has 0 saturated carbocycles. The van der Waals surface area contributed by atoms with Crippen LogP contribution in [0.15, 0.2) is 72.1 Å². The number of carbonyl (C=O) groups is 1. The Labute approximate surface area is 128 Å². The molecule has 108 valence electrons. The molecule has 0 aliphatic carbocycles. The van der Waals surface area contributed by atoms with Crippen LogP contribution in [0.3, 0.4) is 0 Å². The lowest BCUT2D eigenvalue weighted by Gasteiger charge is -2.06. The minimum Gasteiger partial charge on any atom is -0.267 e. The molecule has 4 nitrogen and oxygen atoms in total. The maximum absolute atomic E-state index is 12.0. The van der Waals surface area contributed by atoms with Crippen molar-refractivity contribution in [2.75, 3.05) is 0 Å². The molecule has 1 aromatic heterocycles. The number of pyridine rings is 1. The fourth-order valence-electron chi connectivity index (χ4n) is 2.30. The number of nitrogens with zero attached hydrogens (tertiary/aromatic N) is 2. The van der Waals surface area contributed by atoms with Crippen molar-refractivity contribution in [3.8, 4) is 0 Å². The average Bonchev–Trinajstić information content (AvgIpc) is 2.59. The summed E-state index contributed by atoms with van der Waals surface area (Å²) in [7, 11) is 0. The van der Waals surface area contributed by atoms with Crippen LogP contribution in [-0.4, -0.2) is 16.6 Å². The van der Waals surface area contributed by atoms with Gasteiger partial charge in [0, 0.05) is 18.0 Å². The number of aromatic nitrogens is 1. The maximum atomic E-state index is 12.0. The van der Waals surface area contributed by atoms with Crippen LogP contribution < -0.4 is 5.43 Å². The number of benzene rings is 2. The molecule has 0 unspecified atom stereocenters. The van der Waals surface area contributed by atoms with Crippen molar-refractivity contribution < 1.29 is 4.79 Å². The van der Waals surface area contributed by atoms with Crippen LogP contribution in [0.25, 0.3) is 10.8 Å². The predicted octanol–water partition coefficient (Wildman–Crippen LogP) is 3.39. The van der Waals surface area contributed by atoms with Crippen LogP contribution in [0.5, 0.6) is 0 Å². The highest BCUT2D eigenvalue weighted by Gasteiger charge is 2.06. The topological polar surface area (TPSA) is 54.4 Å². The molecule has 0 bridgehead atoms. The molecule has 0 aliphatic rings. The molecular weight excluding hydrogens is 274 g/mol. The fraction of sp³-hybridized carbons (Fsp3) is 0.0556. The van der Waals surface area contributed by atoms with Gasteiger partial charge in [-0.3, -0.25) is 9.78 Å². The highest BCUT2D eigenvalue weighted by atomic mass is 16.2. The number of hydrogen-bond acceptors (Lipinski definition) is 3. The van der Waals surface area contributed by atoms with E-state index in [0.717, 1.165) is 22.0 Å². The van der Waals surface area contributed by atoms with Gasteiger partial charge >= 0.3 is 0 Å². The van der Waals surface area contributed by atoms with Gasteiger partial charge in [0.25, 0.3) is 5.91 Å². The number of hydrogen-bond donors (Lipinski definition) is 1. The highest BCUT2D eigenvalue weighted by Crippen LogP contribution is 2.19. The summed E-state index contributed by atoms with van der Waals surface area (Å²) in [6.07, 6.45) is 3.14. The zero-order valence-corrected chi connectivity index (χ0v) is 12.2. The van der Waals surface area contributed by atoms with Gasteiger partial charge in [-0.25, -0.2) is 5.43 Å². The van der Waals surface area contributed by atoms with Crippen LogP contribution >= 0.6 is 0 Å². The van der Waals surface area contributed by atoms with E-state index >= 15 is 0 Å². The molecule has 0 fully saturated rings. The first-order chi connectivity index (χ1) is 10.8. The molecule has 0 spiro atoms. The highest BCUT2D eigenvalue weighted by molar-refractivity contribution is 6.10. The molecule has 1 heterocycles. The third kappa shape index (κ3) is 2.86. The second-order valence-corrected chi connectivity index (χ2v) is 4.91. The average molecular weight is 289 g/mol. The molecule has 0 aliphatic heterocycles. The van der Waals surface area contributed by atoms with Gasteiger partial charge in [0.1, 0.15) is 0 Å². The van der Waals surface area contributed by atoms with Gasteiger partial charge in [0.2, 0.25) is 0 Å². The minimum atomic E-state index is -0.271. The lowest BCUT2D eigenvalue weighted by Crippen LogP contribution is -2.19. The number of rotatable bonds is 3. The normalized spacial score (nSPS) is 11.4. The van der Waals surface area contributed by atoms with Crippen LogP contribution in [-0.2, 0) is 0 Å². The lowest BCUT2D eigenvalue weighted by molar-refractivity contribution is 0.0954. The maximum Gasteiger partial charge on any atom is 0.272 e. The number of amides is 1. The molecule has 0 radical (unpaired) electrons. The molecule has 1 N–H and O–H groups in total. The quantitative estimate of drug-likeness (QED) is 0.593. The zero-order valence-electron chi connectivity index (χ0n) is 12.2. The second-order valence-electron chi connectivity index (χ2n) is 4.91. The predicted molar refractivity (Wildman–Crippen MR) is 87.9 cm³/mol. The molecule has 4 heteroatoms. The fourth-order valence-corrected chi connectivity index (χ4v) is 2.30. The minimum absolute atomic E-state index is 0.271. The third-order valence-corrected chi connectivity index (χ3v) is 3.43. The van der Waals surface area contributed by atoms with Gasteiger partial charge in [0.05, 0.1) is 11.3 Å². The van der Waals surface area contributed by atoms with E-state index in [1.807, 2.05) is 37.3 Å². The largest absolute Gasteiger partial charge is 0.272 e. The summed E-state index contributed by atoms with van der Waals surface area (Å²) in [5.41, 5.74) is 4.82. The summed E-state index contributed by atoms with van der Waals surface area (Å²) in [5.74, 6) is -0.271. The smallest absolute Gasteiger partial charge is 0.267 e. The monoisotopic (exact) mass is 289 g/mol. The molecule has 0 saturated heterocycles. The molecule has 3 aromatic rings. The lowest BCUT2D eigenvalue weighted by atomic mass is 10.0. The van der Waals surface area contributed by atoms with E-state index in [-0.39, 0.29) is 5.91 Å². The summed E-state index contributed by atoms with van der Waals surface area (Å²) >= 11 is 0. The van der Waals surface area contributed by atoms with Crippen LogP contribution in [0.1, 0.15) is 22.8 Å². The van der Waals surface area contributed by atoms with Crippen LogP contribution in [0.2, 0.25) is 0 Å². The molecule has 3 rings (SSSR count). The van der Waals surface area contributed by atoms with Crippen molar-refractivity contribution in [1.82, 2.24) is 10.4 Å². The number of carbonyl (C=O) groups excluding carboxylic acids is 1. The molecule has 22 heavy (non-hydrogen) atoms. The van der Waals surface area contributed by atoms with E-state index in [2.05, 4.69) is 27.6 Å². The SMILES string of the molecule is CC(=NNC(=O)c1cccnc1)c1cccc2ccccc12. The van der Waals surface area contributed by atoms with Crippen LogP contribution in [0.4, 0.5) is 0 Å². The molecule has 2 aromatic carbocycles. The van der Waals surface area contributed by atoms with Gasteiger partial charge in [-0.15, -0.1) is 0 Å². The Balaban J connectivity index is 1.86. The summed E-state index contributed by atoms with van der Waals surface area (Å²) in [5, 5.41) is 6.47. The number of fused-ring (bicyclic) bond motifs is 1. The first-order valence-corrected chi connectivity index (χ1v) is 6.98. The van der Waals surface area contributed by atoms with E-state index in [4.69, 9.17) is 0 Å². The Bertz CT molecular complexity index is 836. The summed E-state index contributed by atoms with van der Waals surface area (Å²) in [4.78, 5) is 15.9. The second kappa shape index (κ2) is 6.18. The van der Waals surface area contributed by atoms with E-state index in [0.29, 0.717) is 5.56 Å². The Kier molecular flexibility index (Phi) is 3.92. The molecule has 0 atom stereocenters. The van der Waals surface area contributed by atoms with E-state index in [9.17, 15) is 4.79 Å². The Morgan fingerprint density at radius 2 is 1.86 bits per heavy atom. The van der Waals surface area contributed by atoms with Crippen molar-refractivity contribution in [2.24, 2.45) is 5.10 Å². The van der Waals surface area contributed by atoms with Gasteiger partial charge in [-0.2, -0.15) is 5.10 Å². The van der Waals surface area contributed by atoms with Gasteiger partial charge in [-0.05, 0) is 29.8 Å².